The fraction of sp³-hybridized carbons (Fsp3) is 0.133. The van der Waals surface area contributed by atoms with Crippen molar-refractivity contribution in [2.45, 2.75) is 11.3 Å². The van der Waals surface area contributed by atoms with Crippen LogP contribution in [0.3, 0.4) is 0 Å². The van der Waals surface area contributed by atoms with Gasteiger partial charge in [0.25, 0.3) is 0 Å². The van der Waals surface area contributed by atoms with Crippen LogP contribution in [0.5, 0.6) is 0 Å². The zero-order valence-corrected chi connectivity index (χ0v) is 13.6. The molecule has 0 spiro atoms. The van der Waals surface area contributed by atoms with Crippen molar-refractivity contribution < 1.29 is 26.4 Å². The molecule has 2 rings (SSSR count). The molecule has 0 aliphatic carbocycles. The van der Waals surface area contributed by atoms with Crippen LogP contribution in [0, 0.1) is 17.5 Å². The highest BCUT2D eigenvalue weighted by molar-refractivity contribution is 7.91. The summed E-state index contributed by atoms with van der Waals surface area (Å²) in [5.41, 5.74) is -0.567. The van der Waals surface area contributed by atoms with Crippen molar-refractivity contribution in [2.24, 2.45) is 0 Å². The molecule has 0 bridgehead atoms. The third-order valence-electron chi connectivity index (χ3n) is 3.08. The molecule has 0 radical (unpaired) electrons. The van der Waals surface area contributed by atoms with Gasteiger partial charge in [-0.05, 0) is 36.4 Å². The maximum atomic E-state index is 13.4. The fourth-order valence-electron chi connectivity index (χ4n) is 1.82. The van der Waals surface area contributed by atoms with Crippen molar-refractivity contribution in [1.29, 1.82) is 0 Å². The molecule has 128 valence electrons. The molecule has 0 saturated carbocycles. The van der Waals surface area contributed by atoms with E-state index < -0.39 is 51.1 Å². The Balaban J connectivity index is 2.03. The molecule has 1 N–H and O–H groups in total. The Morgan fingerprint density at radius 2 is 1.62 bits per heavy atom. The van der Waals surface area contributed by atoms with Crippen LogP contribution in [-0.4, -0.2) is 20.1 Å². The highest BCUT2D eigenvalue weighted by Crippen LogP contribution is 2.20. The standard InChI is InChI=1S/C15H11ClF3NO3S/c16-9-1-3-10(4-2-9)24(22,23)8-7-13(21)20-12-6-5-11(17)14(18)15(12)19/h1-6H,7-8H2,(H,20,21). The molecule has 2 aromatic rings. The molecule has 2 aromatic carbocycles. The molecular weight excluding hydrogens is 367 g/mol. The lowest BCUT2D eigenvalue weighted by atomic mass is 10.2. The van der Waals surface area contributed by atoms with Crippen LogP contribution in [0.4, 0.5) is 18.9 Å². The van der Waals surface area contributed by atoms with E-state index in [-0.39, 0.29) is 4.90 Å². The number of anilines is 1. The Morgan fingerprint density at radius 1 is 1.00 bits per heavy atom. The zero-order chi connectivity index (χ0) is 17.9. The average molecular weight is 378 g/mol. The second-order valence-electron chi connectivity index (χ2n) is 4.79. The molecule has 0 heterocycles. The van der Waals surface area contributed by atoms with E-state index in [1.54, 1.807) is 0 Å². The summed E-state index contributed by atoms with van der Waals surface area (Å²) in [6.07, 6.45) is -0.483. The predicted octanol–water partition coefficient (Wildman–Crippen LogP) is 3.56. The Morgan fingerprint density at radius 3 is 2.25 bits per heavy atom. The number of carbonyl (C=O) groups excluding carboxylic acids is 1. The van der Waals surface area contributed by atoms with Gasteiger partial charge in [0.1, 0.15) is 0 Å². The predicted molar refractivity (Wildman–Crippen MR) is 83.1 cm³/mol. The molecule has 9 heteroatoms. The highest BCUT2D eigenvalue weighted by Gasteiger charge is 2.19. The third kappa shape index (κ3) is 4.27. The molecule has 0 aromatic heterocycles. The lowest BCUT2D eigenvalue weighted by Gasteiger charge is -2.08. The molecule has 0 fully saturated rings. The Hall–Kier alpha value is -2.06. The number of rotatable bonds is 5. The van der Waals surface area contributed by atoms with E-state index in [1.165, 1.54) is 24.3 Å². The number of carbonyl (C=O) groups is 1. The first-order valence-electron chi connectivity index (χ1n) is 6.62. The van der Waals surface area contributed by atoms with E-state index in [9.17, 15) is 26.4 Å². The minimum absolute atomic E-state index is 0.0151. The second kappa shape index (κ2) is 7.23. The number of amides is 1. The van der Waals surface area contributed by atoms with Crippen molar-refractivity contribution in [1.82, 2.24) is 0 Å². The Kier molecular flexibility index (Phi) is 5.51. The van der Waals surface area contributed by atoms with E-state index in [4.69, 9.17) is 11.6 Å². The normalized spacial score (nSPS) is 11.3. The number of sulfone groups is 1. The van der Waals surface area contributed by atoms with Crippen molar-refractivity contribution in [2.75, 3.05) is 11.1 Å². The van der Waals surface area contributed by atoms with Crippen molar-refractivity contribution in [3.8, 4) is 0 Å². The maximum Gasteiger partial charge on any atom is 0.225 e. The summed E-state index contributed by atoms with van der Waals surface area (Å²) in [6.45, 7) is 0. The Bertz CT molecular complexity index is 870. The summed E-state index contributed by atoms with van der Waals surface area (Å²) < 4.78 is 63.4. The topological polar surface area (TPSA) is 63.2 Å². The first-order valence-corrected chi connectivity index (χ1v) is 8.65. The number of benzene rings is 2. The maximum absolute atomic E-state index is 13.4. The molecule has 0 aliphatic heterocycles. The van der Waals surface area contributed by atoms with Gasteiger partial charge < -0.3 is 5.32 Å². The van der Waals surface area contributed by atoms with E-state index in [0.717, 1.165) is 6.07 Å². The van der Waals surface area contributed by atoms with Gasteiger partial charge in [0.2, 0.25) is 5.91 Å². The van der Waals surface area contributed by atoms with Crippen LogP contribution in [-0.2, 0) is 14.6 Å². The van der Waals surface area contributed by atoms with Gasteiger partial charge in [-0.25, -0.2) is 21.6 Å². The van der Waals surface area contributed by atoms with Gasteiger partial charge >= 0.3 is 0 Å². The van der Waals surface area contributed by atoms with E-state index >= 15 is 0 Å². The summed E-state index contributed by atoms with van der Waals surface area (Å²) in [6, 6.07) is 6.88. The number of hydrogen-bond acceptors (Lipinski definition) is 3. The van der Waals surface area contributed by atoms with E-state index in [0.29, 0.717) is 11.1 Å². The fourth-order valence-corrected chi connectivity index (χ4v) is 3.19. The molecule has 1 amide bonds. The van der Waals surface area contributed by atoms with Gasteiger partial charge in [-0.15, -0.1) is 0 Å². The molecule has 0 saturated heterocycles. The quantitative estimate of drug-likeness (QED) is 0.810. The van der Waals surface area contributed by atoms with Gasteiger partial charge in [-0.2, -0.15) is 0 Å². The van der Waals surface area contributed by atoms with Crippen molar-refractivity contribution in [3.05, 3.63) is 58.9 Å². The molecule has 0 unspecified atom stereocenters. The van der Waals surface area contributed by atoms with Crippen molar-refractivity contribution >= 4 is 33.0 Å². The minimum atomic E-state index is -3.74. The lowest BCUT2D eigenvalue weighted by Crippen LogP contribution is -2.18. The summed E-state index contributed by atoms with van der Waals surface area (Å²) in [7, 11) is -3.74. The smallest absolute Gasteiger partial charge is 0.225 e. The number of hydrogen-bond donors (Lipinski definition) is 1. The monoisotopic (exact) mass is 377 g/mol. The molecule has 24 heavy (non-hydrogen) atoms. The summed E-state index contributed by atoms with van der Waals surface area (Å²) in [5.74, 6) is -6.05. The zero-order valence-electron chi connectivity index (χ0n) is 12.0. The third-order valence-corrected chi connectivity index (χ3v) is 5.06. The van der Waals surface area contributed by atoms with E-state index in [1.807, 2.05) is 5.32 Å². The van der Waals surface area contributed by atoms with Crippen LogP contribution in [0.1, 0.15) is 6.42 Å². The van der Waals surface area contributed by atoms with Crippen LogP contribution < -0.4 is 5.32 Å². The molecular formula is C15H11ClF3NO3S. The summed E-state index contributed by atoms with van der Waals surface area (Å²) in [5, 5.41) is 2.37. The van der Waals surface area contributed by atoms with Gasteiger partial charge in [0, 0.05) is 11.4 Å². The molecule has 0 atom stereocenters. The van der Waals surface area contributed by atoms with Crippen LogP contribution in [0.25, 0.3) is 0 Å². The van der Waals surface area contributed by atoms with Crippen LogP contribution >= 0.6 is 11.6 Å². The van der Waals surface area contributed by atoms with Gasteiger partial charge in [-0.1, -0.05) is 11.6 Å². The van der Waals surface area contributed by atoms with Gasteiger partial charge in [0.05, 0.1) is 16.3 Å². The summed E-state index contributed by atoms with van der Waals surface area (Å²) in [4.78, 5) is 11.7. The van der Waals surface area contributed by atoms with Crippen LogP contribution in [0.2, 0.25) is 5.02 Å². The summed E-state index contributed by atoms with van der Waals surface area (Å²) >= 11 is 5.67. The first kappa shape index (κ1) is 18.3. The van der Waals surface area contributed by atoms with Crippen molar-refractivity contribution in [3.63, 3.8) is 0 Å². The lowest BCUT2D eigenvalue weighted by molar-refractivity contribution is -0.115. The number of nitrogens with one attached hydrogen (secondary N) is 1. The van der Waals surface area contributed by atoms with Gasteiger partial charge in [-0.3, -0.25) is 4.79 Å². The average Bonchev–Trinajstić information content (AvgIpc) is 2.54. The van der Waals surface area contributed by atoms with Gasteiger partial charge in [0.15, 0.2) is 27.3 Å². The molecule has 0 aliphatic rings. The Labute approximate surface area is 141 Å². The minimum Gasteiger partial charge on any atom is -0.323 e. The van der Waals surface area contributed by atoms with E-state index in [2.05, 4.69) is 0 Å². The highest BCUT2D eigenvalue weighted by atomic mass is 35.5. The largest absolute Gasteiger partial charge is 0.323 e. The first-order chi connectivity index (χ1) is 11.2. The molecule has 4 nitrogen and oxygen atoms in total. The SMILES string of the molecule is O=C(CCS(=O)(=O)c1ccc(Cl)cc1)Nc1ccc(F)c(F)c1F. The van der Waals surface area contributed by atoms with Crippen LogP contribution in [0.15, 0.2) is 41.3 Å². The number of halogens is 4. The second-order valence-corrected chi connectivity index (χ2v) is 7.34.